The average molecular weight is 236 g/mol. The molecule has 0 atom stereocenters. The lowest BCUT2D eigenvalue weighted by Gasteiger charge is -2.03. The Labute approximate surface area is 97.8 Å². The van der Waals surface area contributed by atoms with Crippen LogP contribution in [0.15, 0.2) is 34.9 Å². The van der Waals surface area contributed by atoms with Gasteiger partial charge in [-0.15, -0.1) is 23.1 Å². The molecule has 0 aliphatic rings. The van der Waals surface area contributed by atoms with Crippen molar-refractivity contribution in [3.8, 4) is 0 Å². The fourth-order valence-corrected chi connectivity index (χ4v) is 2.64. The molecule has 2 rings (SSSR count). The molecule has 0 radical (unpaired) electrons. The molecule has 0 bridgehead atoms. The van der Waals surface area contributed by atoms with Gasteiger partial charge in [0.2, 0.25) is 0 Å². The maximum atomic E-state index is 4.34. The summed E-state index contributed by atoms with van der Waals surface area (Å²) in [4.78, 5) is 8.62. The lowest BCUT2D eigenvalue weighted by Crippen LogP contribution is -1.94. The Hall–Kier alpha value is -0.870. The van der Waals surface area contributed by atoms with Gasteiger partial charge in [-0.3, -0.25) is 0 Å². The number of aromatic nitrogens is 2. The van der Waals surface area contributed by atoms with Gasteiger partial charge in [-0.25, -0.2) is 9.97 Å². The molecule has 0 aliphatic heterocycles. The zero-order chi connectivity index (χ0) is 10.5. The Morgan fingerprint density at radius 2 is 2.20 bits per heavy atom. The van der Waals surface area contributed by atoms with E-state index in [1.807, 2.05) is 23.8 Å². The molecule has 0 aliphatic carbocycles. The van der Waals surface area contributed by atoms with Gasteiger partial charge in [0.1, 0.15) is 0 Å². The van der Waals surface area contributed by atoms with Crippen LogP contribution >= 0.6 is 23.1 Å². The lowest BCUT2D eigenvalue weighted by molar-refractivity contribution is 0.894. The lowest BCUT2D eigenvalue weighted by atomic mass is 10.2. The zero-order valence-corrected chi connectivity index (χ0v) is 10.1. The van der Waals surface area contributed by atoms with E-state index < -0.39 is 0 Å². The smallest absolute Gasteiger partial charge is 0.0989 e. The molecular weight excluding hydrogens is 224 g/mol. The van der Waals surface area contributed by atoms with E-state index in [0.29, 0.717) is 0 Å². The summed E-state index contributed by atoms with van der Waals surface area (Å²) in [5.41, 5.74) is 1.32. The summed E-state index contributed by atoms with van der Waals surface area (Å²) in [7, 11) is 0. The topological polar surface area (TPSA) is 25.8 Å². The molecule has 0 spiro atoms. The summed E-state index contributed by atoms with van der Waals surface area (Å²) in [6, 6.07) is 4.14. The van der Waals surface area contributed by atoms with Crippen molar-refractivity contribution in [1.82, 2.24) is 9.97 Å². The highest BCUT2D eigenvalue weighted by atomic mass is 32.2. The number of thioether (sulfide) groups is 1. The summed E-state index contributed by atoms with van der Waals surface area (Å²) in [5.74, 6) is 0. The SMILES string of the molecule is CSc1ncccc1CCc1nccs1. The molecule has 0 unspecified atom stereocenters. The van der Waals surface area contributed by atoms with Crippen LogP contribution in [0.1, 0.15) is 10.6 Å². The quantitative estimate of drug-likeness (QED) is 0.763. The van der Waals surface area contributed by atoms with Crippen LogP contribution in [0.5, 0.6) is 0 Å². The first kappa shape index (κ1) is 10.6. The van der Waals surface area contributed by atoms with E-state index in [9.17, 15) is 0 Å². The fraction of sp³-hybridized carbons (Fsp3) is 0.273. The van der Waals surface area contributed by atoms with Crippen molar-refractivity contribution < 1.29 is 0 Å². The molecule has 0 fully saturated rings. The molecular formula is C11H12N2S2. The molecule has 0 saturated heterocycles. The van der Waals surface area contributed by atoms with Gasteiger partial charge in [-0.2, -0.15) is 0 Å². The minimum absolute atomic E-state index is 1.01. The van der Waals surface area contributed by atoms with E-state index in [1.165, 1.54) is 10.6 Å². The average Bonchev–Trinajstić information content (AvgIpc) is 2.79. The number of nitrogens with zero attached hydrogens (tertiary/aromatic N) is 2. The van der Waals surface area contributed by atoms with E-state index in [0.717, 1.165) is 17.9 Å². The summed E-state index contributed by atoms with van der Waals surface area (Å²) < 4.78 is 0. The van der Waals surface area contributed by atoms with Gasteiger partial charge in [-0.1, -0.05) is 6.07 Å². The van der Waals surface area contributed by atoms with Crippen molar-refractivity contribution in [2.45, 2.75) is 17.9 Å². The highest BCUT2D eigenvalue weighted by molar-refractivity contribution is 7.98. The van der Waals surface area contributed by atoms with Crippen LogP contribution in [0, 0.1) is 0 Å². The maximum Gasteiger partial charge on any atom is 0.0989 e. The van der Waals surface area contributed by atoms with Gasteiger partial charge in [0.05, 0.1) is 10.0 Å². The third-order valence-corrected chi connectivity index (χ3v) is 3.73. The fourth-order valence-electron chi connectivity index (χ4n) is 1.42. The molecule has 0 N–H and O–H groups in total. The normalized spacial score (nSPS) is 10.5. The summed E-state index contributed by atoms with van der Waals surface area (Å²) >= 11 is 3.42. The highest BCUT2D eigenvalue weighted by Crippen LogP contribution is 2.19. The standard InChI is InChI=1S/C11H12N2S2/c1-14-11-9(3-2-6-13-11)4-5-10-12-7-8-15-10/h2-3,6-8H,4-5H2,1H3. The molecule has 2 heterocycles. The number of hydrogen-bond acceptors (Lipinski definition) is 4. The van der Waals surface area contributed by atoms with Gasteiger partial charge in [0, 0.05) is 24.2 Å². The number of aryl methyl sites for hydroxylation is 2. The second-order valence-corrected chi connectivity index (χ2v) is 4.87. The van der Waals surface area contributed by atoms with E-state index >= 15 is 0 Å². The summed E-state index contributed by atoms with van der Waals surface area (Å²) in [6.07, 6.45) is 7.81. The van der Waals surface area contributed by atoms with E-state index in [1.54, 1.807) is 23.1 Å². The van der Waals surface area contributed by atoms with Gasteiger partial charge in [0.15, 0.2) is 0 Å². The predicted molar refractivity (Wildman–Crippen MR) is 65.5 cm³/mol. The highest BCUT2D eigenvalue weighted by Gasteiger charge is 2.03. The first-order valence-corrected chi connectivity index (χ1v) is 6.87. The van der Waals surface area contributed by atoms with Crippen molar-refractivity contribution in [3.63, 3.8) is 0 Å². The second kappa shape index (κ2) is 5.28. The first-order chi connectivity index (χ1) is 7.40. The van der Waals surface area contributed by atoms with Crippen LogP contribution in [0.4, 0.5) is 0 Å². The maximum absolute atomic E-state index is 4.34. The van der Waals surface area contributed by atoms with Crippen molar-refractivity contribution in [3.05, 3.63) is 40.5 Å². The van der Waals surface area contributed by atoms with Crippen molar-refractivity contribution in [1.29, 1.82) is 0 Å². The van der Waals surface area contributed by atoms with Crippen LogP contribution in [0.25, 0.3) is 0 Å². The largest absolute Gasteiger partial charge is 0.250 e. The van der Waals surface area contributed by atoms with Crippen molar-refractivity contribution in [2.75, 3.05) is 6.26 Å². The Kier molecular flexibility index (Phi) is 3.75. The summed E-state index contributed by atoms with van der Waals surface area (Å²) in [5, 5.41) is 4.36. The van der Waals surface area contributed by atoms with Crippen LogP contribution in [-0.2, 0) is 12.8 Å². The molecule has 0 aromatic carbocycles. The molecule has 4 heteroatoms. The van der Waals surface area contributed by atoms with Crippen LogP contribution in [0.3, 0.4) is 0 Å². The molecule has 2 aromatic heterocycles. The molecule has 78 valence electrons. The third-order valence-electron chi connectivity index (χ3n) is 2.13. The van der Waals surface area contributed by atoms with Crippen LogP contribution in [-0.4, -0.2) is 16.2 Å². The Morgan fingerprint density at radius 3 is 2.93 bits per heavy atom. The summed E-state index contributed by atoms with van der Waals surface area (Å²) in [6.45, 7) is 0. The third kappa shape index (κ3) is 2.79. The van der Waals surface area contributed by atoms with Crippen LogP contribution < -0.4 is 0 Å². The monoisotopic (exact) mass is 236 g/mol. The Balaban J connectivity index is 2.04. The Bertz CT molecular complexity index is 412. The van der Waals surface area contributed by atoms with E-state index in [-0.39, 0.29) is 0 Å². The number of thiazole rings is 1. The van der Waals surface area contributed by atoms with Gasteiger partial charge >= 0.3 is 0 Å². The Morgan fingerprint density at radius 1 is 1.27 bits per heavy atom. The minimum Gasteiger partial charge on any atom is -0.250 e. The number of rotatable bonds is 4. The second-order valence-electron chi connectivity index (χ2n) is 3.10. The zero-order valence-electron chi connectivity index (χ0n) is 8.51. The van der Waals surface area contributed by atoms with E-state index in [2.05, 4.69) is 22.3 Å². The van der Waals surface area contributed by atoms with Gasteiger partial charge in [-0.05, 0) is 24.3 Å². The van der Waals surface area contributed by atoms with Gasteiger partial charge in [0.25, 0.3) is 0 Å². The number of pyridine rings is 1. The van der Waals surface area contributed by atoms with Crippen molar-refractivity contribution in [2.24, 2.45) is 0 Å². The molecule has 2 nitrogen and oxygen atoms in total. The van der Waals surface area contributed by atoms with Crippen LogP contribution in [0.2, 0.25) is 0 Å². The molecule has 0 amide bonds. The van der Waals surface area contributed by atoms with Crippen molar-refractivity contribution >= 4 is 23.1 Å². The number of hydrogen-bond donors (Lipinski definition) is 0. The molecule has 15 heavy (non-hydrogen) atoms. The first-order valence-electron chi connectivity index (χ1n) is 4.76. The van der Waals surface area contributed by atoms with E-state index in [4.69, 9.17) is 0 Å². The predicted octanol–water partition coefficient (Wildman–Crippen LogP) is 3.05. The molecule has 2 aromatic rings. The molecule has 0 saturated carbocycles. The minimum atomic E-state index is 1.01. The van der Waals surface area contributed by atoms with Gasteiger partial charge < -0.3 is 0 Å².